The average Bonchev–Trinajstić information content (AvgIpc) is 2.65. The highest BCUT2D eigenvalue weighted by Gasteiger charge is 2.41. The molecule has 0 aromatic heterocycles. The van der Waals surface area contributed by atoms with Crippen LogP contribution in [-0.4, -0.2) is 24.8 Å². The van der Waals surface area contributed by atoms with Crippen LogP contribution in [0.2, 0.25) is 5.02 Å². The summed E-state index contributed by atoms with van der Waals surface area (Å²) in [5, 5.41) is 3.75. The predicted octanol–water partition coefficient (Wildman–Crippen LogP) is 4.73. The maximum Gasteiger partial charge on any atom is 0.237 e. The third kappa shape index (κ3) is 6.55. The van der Waals surface area contributed by atoms with Crippen LogP contribution in [0.15, 0.2) is 24.3 Å². The van der Waals surface area contributed by atoms with E-state index in [0.29, 0.717) is 29.8 Å². The van der Waals surface area contributed by atoms with Crippen molar-refractivity contribution in [2.45, 2.75) is 71.8 Å². The number of halogens is 1. The lowest BCUT2D eigenvalue weighted by atomic mass is 9.64. The van der Waals surface area contributed by atoms with Crippen molar-refractivity contribution >= 4 is 23.8 Å². The predicted molar refractivity (Wildman–Crippen MR) is 120 cm³/mol. The first-order valence-corrected chi connectivity index (χ1v) is 11.1. The van der Waals surface area contributed by atoms with Crippen LogP contribution in [-0.2, 0) is 15.0 Å². The second-order valence-electron chi connectivity index (χ2n) is 10.3. The van der Waals surface area contributed by atoms with Crippen molar-refractivity contribution in [1.82, 2.24) is 5.32 Å². The number of benzene rings is 1. The molecule has 1 aliphatic rings. The highest BCUT2D eigenvalue weighted by molar-refractivity contribution is 6.30. The maximum atomic E-state index is 12.9. The van der Waals surface area contributed by atoms with Gasteiger partial charge in [-0.3, -0.25) is 4.79 Å². The zero-order valence-corrected chi connectivity index (χ0v) is 19.3. The van der Waals surface area contributed by atoms with Crippen molar-refractivity contribution in [3.8, 4) is 0 Å². The molecule has 1 aromatic carbocycles. The van der Waals surface area contributed by atoms with E-state index in [-0.39, 0.29) is 22.7 Å². The van der Waals surface area contributed by atoms with Gasteiger partial charge in [0, 0.05) is 22.4 Å². The van der Waals surface area contributed by atoms with Gasteiger partial charge in [-0.25, -0.2) is 0 Å². The minimum atomic E-state index is -0.592. The molecule has 4 nitrogen and oxygen atoms in total. The quantitative estimate of drug-likeness (QED) is 0.597. The van der Waals surface area contributed by atoms with Crippen LogP contribution in [0.25, 0.3) is 0 Å². The molecule has 1 fully saturated rings. The monoisotopic (exact) mass is 420 g/mol. The maximum absolute atomic E-state index is 12.9. The largest absolute Gasteiger partial charge is 0.354 e. The van der Waals surface area contributed by atoms with E-state index in [1.807, 2.05) is 31.2 Å². The zero-order chi connectivity index (χ0) is 21.8. The molecule has 0 aliphatic heterocycles. The zero-order valence-electron chi connectivity index (χ0n) is 18.5. The molecular weight excluding hydrogens is 384 g/mol. The molecule has 1 saturated carbocycles. The SMILES string of the molecule is CC(C)CC1CC(C(N)C(=O)NCC(C)(C)c2ccc(Cl)cc2)CC(C)(C=O)C1. The topological polar surface area (TPSA) is 72.2 Å². The Labute approximate surface area is 181 Å². The van der Waals surface area contributed by atoms with Gasteiger partial charge in [0.1, 0.15) is 6.29 Å². The number of amides is 1. The summed E-state index contributed by atoms with van der Waals surface area (Å²) in [6.45, 7) is 11.1. The van der Waals surface area contributed by atoms with Crippen LogP contribution >= 0.6 is 11.6 Å². The Balaban J connectivity index is 2.02. The second-order valence-corrected chi connectivity index (χ2v) is 10.7. The van der Waals surface area contributed by atoms with Crippen LogP contribution in [0.3, 0.4) is 0 Å². The van der Waals surface area contributed by atoms with Crippen molar-refractivity contribution in [2.75, 3.05) is 6.54 Å². The van der Waals surface area contributed by atoms with Crippen LogP contribution in [0, 0.1) is 23.2 Å². The molecule has 1 aromatic rings. The third-order valence-corrected chi connectivity index (χ3v) is 6.60. The second kappa shape index (κ2) is 9.61. The first kappa shape index (κ1) is 23.9. The van der Waals surface area contributed by atoms with Crippen molar-refractivity contribution in [3.63, 3.8) is 0 Å². The van der Waals surface area contributed by atoms with E-state index in [2.05, 4.69) is 33.0 Å². The average molecular weight is 421 g/mol. The third-order valence-electron chi connectivity index (χ3n) is 6.35. The molecule has 29 heavy (non-hydrogen) atoms. The summed E-state index contributed by atoms with van der Waals surface area (Å²) in [6, 6.07) is 7.11. The van der Waals surface area contributed by atoms with Gasteiger partial charge in [0.05, 0.1) is 6.04 Å². The summed E-state index contributed by atoms with van der Waals surface area (Å²) in [5.41, 5.74) is 6.90. The summed E-state index contributed by atoms with van der Waals surface area (Å²) in [5.74, 6) is 0.907. The molecule has 0 saturated heterocycles. The number of hydrogen-bond acceptors (Lipinski definition) is 3. The standard InChI is InChI=1S/C24H37ClN2O2/c1-16(2)10-17-11-18(13-24(5,12-17)15-28)21(26)22(29)27-14-23(3,4)19-6-8-20(25)9-7-19/h6-9,15-18,21H,10-14,26H2,1-5H3,(H,27,29). The molecule has 4 unspecified atom stereocenters. The number of nitrogens with one attached hydrogen (secondary N) is 1. The van der Waals surface area contributed by atoms with Crippen molar-refractivity contribution < 1.29 is 9.59 Å². The Morgan fingerprint density at radius 1 is 1.31 bits per heavy atom. The Morgan fingerprint density at radius 2 is 1.93 bits per heavy atom. The van der Waals surface area contributed by atoms with Gasteiger partial charge in [-0.2, -0.15) is 0 Å². The van der Waals surface area contributed by atoms with Gasteiger partial charge in [0.25, 0.3) is 0 Å². The van der Waals surface area contributed by atoms with Gasteiger partial charge in [0.15, 0.2) is 0 Å². The van der Waals surface area contributed by atoms with Crippen molar-refractivity contribution in [3.05, 3.63) is 34.9 Å². The number of aldehydes is 1. The molecule has 1 aliphatic carbocycles. The molecule has 5 heteroatoms. The first-order valence-electron chi connectivity index (χ1n) is 10.7. The molecule has 0 heterocycles. The fourth-order valence-electron chi connectivity index (χ4n) is 4.80. The molecule has 4 atom stereocenters. The highest BCUT2D eigenvalue weighted by Crippen LogP contribution is 2.44. The summed E-state index contributed by atoms with van der Waals surface area (Å²) < 4.78 is 0. The fraction of sp³-hybridized carbons (Fsp3) is 0.667. The minimum Gasteiger partial charge on any atom is -0.354 e. The Hall–Kier alpha value is -1.39. The Kier molecular flexibility index (Phi) is 7.92. The van der Waals surface area contributed by atoms with Crippen LogP contribution < -0.4 is 11.1 Å². The molecule has 0 radical (unpaired) electrons. The summed E-state index contributed by atoms with van der Waals surface area (Å²) >= 11 is 5.98. The van der Waals surface area contributed by atoms with E-state index in [9.17, 15) is 9.59 Å². The molecule has 0 bridgehead atoms. The molecular formula is C24H37ClN2O2. The van der Waals surface area contributed by atoms with Crippen LogP contribution in [0.1, 0.15) is 65.9 Å². The summed E-state index contributed by atoms with van der Waals surface area (Å²) in [6.07, 6.45) is 4.62. The van der Waals surface area contributed by atoms with Gasteiger partial charge < -0.3 is 15.8 Å². The summed E-state index contributed by atoms with van der Waals surface area (Å²) in [4.78, 5) is 24.6. The van der Waals surface area contributed by atoms with Gasteiger partial charge >= 0.3 is 0 Å². The molecule has 2 rings (SSSR count). The number of carbonyl (C=O) groups is 2. The molecule has 3 N–H and O–H groups in total. The first-order chi connectivity index (χ1) is 13.5. The lowest BCUT2D eigenvalue weighted by Crippen LogP contribution is -2.51. The van der Waals surface area contributed by atoms with E-state index >= 15 is 0 Å². The molecule has 162 valence electrons. The van der Waals surface area contributed by atoms with Gasteiger partial charge in [-0.05, 0) is 61.1 Å². The smallest absolute Gasteiger partial charge is 0.237 e. The van der Waals surface area contributed by atoms with E-state index in [1.54, 1.807) is 0 Å². The number of rotatable bonds is 8. The van der Waals surface area contributed by atoms with Gasteiger partial charge in [0.2, 0.25) is 5.91 Å². The van der Waals surface area contributed by atoms with Crippen molar-refractivity contribution in [1.29, 1.82) is 0 Å². The number of carbonyl (C=O) groups excluding carboxylic acids is 2. The van der Waals surface area contributed by atoms with Crippen molar-refractivity contribution in [2.24, 2.45) is 28.9 Å². The number of hydrogen-bond donors (Lipinski definition) is 2. The number of nitrogens with two attached hydrogens (primary N) is 1. The summed E-state index contributed by atoms with van der Waals surface area (Å²) in [7, 11) is 0. The molecule has 0 spiro atoms. The van der Waals surface area contributed by atoms with Gasteiger partial charge in [-0.15, -0.1) is 0 Å². The molecule has 1 amide bonds. The lowest BCUT2D eigenvalue weighted by Gasteiger charge is -2.41. The Morgan fingerprint density at radius 3 is 2.48 bits per heavy atom. The highest BCUT2D eigenvalue weighted by atomic mass is 35.5. The van der Waals surface area contributed by atoms with E-state index in [0.717, 1.165) is 31.1 Å². The van der Waals surface area contributed by atoms with Crippen LogP contribution in [0.5, 0.6) is 0 Å². The lowest BCUT2D eigenvalue weighted by molar-refractivity contribution is -0.127. The van der Waals surface area contributed by atoms with E-state index in [4.69, 9.17) is 17.3 Å². The van der Waals surface area contributed by atoms with Crippen LogP contribution in [0.4, 0.5) is 0 Å². The normalized spacial score (nSPS) is 26.2. The minimum absolute atomic E-state index is 0.0290. The van der Waals surface area contributed by atoms with E-state index in [1.165, 1.54) is 0 Å². The van der Waals surface area contributed by atoms with Gasteiger partial charge in [-0.1, -0.05) is 58.4 Å². The Bertz CT molecular complexity index is 701. The fourth-order valence-corrected chi connectivity index (χ4v) is 4.92. The van der Waals surface area contributed by atoms with E-state index < -0.39 is 6.04 Å².